The van der Waals surface area contributed by atoms with Gasteiger partial charge in [0.15, 0.2) is 11.5 Å². The van der Waals surface area contributed by atoms with Crippen LogP contribution in [-0.2, 0) is 6.54 Å². The molecule has 0 fully saturated rings. The number of likely N-dealkylation sites (N-methyl/N-ethyl adjacent to an activating group) is 1. The molecule has 0 spiro atoms. The molecule has 1 atom stereocenters. The highest BCUT2D eigenvalue weighted by atomic mass is 79.9. The summed E-state index contributed by atoms with van der Waals surface area (Å²) >= 11 is 3.62. The van der Waals surface area contributed by atoms with E-state index < -0.39 is 0 Å². The highest BCUT2D eigenvalue weighted by molar-refractivity contribution is 9.10. The van der Waals surface area contributed by atoms with Crippen LogP contribution < -0.4 is 14.8 Å². The lowest BCUT2D eigenvalue weighted by Gasteiger charge is -2.24. The lowest BCUT2D eigenvalue weighted by molar-refractivity contribution is 0.174. The average molecular weight is 357 g/mol. The molecule has 1 heterocycles. The van der Waals surface area contributed by atoms with Crippen molar-refractivity contribution in [3.63, 3.8) is 0 Å². The summed E-state index contributed by atoms with van der Waals surface area (Å²) in [6.45, 7) is 6.71. The van der Waals surface area contributed by atoms with Gasteiger partial charge >= 0.3 is 0 Å². The molecule has 1 unspecified atom stereocenters. The van der Waals surface area contributed by atoms with Gasteiger partial charge in [0.2, 0.25) is 6.79 Å². The van der Waals surface area contributed by atoms with Crippen LogP contribution in [0, 0.1) is 5.92 Å². The molecule has 0 saturated carbocycles. The summed E-state index contributed by atoms with van der Waals surface area (Å²) in [6, 6.07) is 4.53. The predicted octanol–water partition coefficient (Wildman–Crippen LogP) is 3.24. The van der Waals surface area contributed by atoms with Crippen molar-refractivity contribution >= 4 is 15.9 Å². The molecular formula is C16H25BrN2O2. The number of hydrogen-bond donors (Lipinski definition) is 1. The second-order valence-electron chi connectivity index (χ2n) is 6.27. The van der Waals surface area contributed by atoms with Crippen LogP contribution in [0.25, 0.3) is 0 Å². The van der Waals surface area contributed by atoms with Crippen LogP contribution in [0.4, 0.5) is 0 Å². The number of halogens is 1. The van der Waals surface area contributed by atoms with E-state index in [4.69, 9.17) is 9.47 Å². The molecule has 4 nitrogen and oxygen atoms in total. The highest BCUT2D eigenvalue weighted by Gasteiger charge is 2.17. The third kappa shape index (κ3) is 4.87. The molecule has 1 aromatic rings. The van der Waals surface area contributed by atoms with E-state index in [0.29, 0.717) is 18.8 Å². The normalized spacial score (nSPS) is 15.0. The van der Waals surface area contributed by atoms with Crippen LogP contribution in [-0.4, -0.2) is 38.4 Å². The zero-order valence-corrected chi connectivity index (χ0v) is 14.9. The number of nitrogens with one attached hydrogen (secondary N) is 1. The van der Waals surface area contributed by atoms with Gasteiger partial charge in [0.05, 0.1) is 0 Å². The number of ether oxygens (including phenoxy) is 2. The van der Waals surface area contributed by atoms with Gasteiger partial charge in [-0.3, -0.25) is 0 Å². The first-order valence-electron chi connectivity index (χ1n) is 7.42. The van der Waals surface area contributed by atoms with Crippen LogP contribution in [0.15, 0.2) is 16.6 Å². The Bertz CT molecular complexity index is 468. The molecule has 0 aliphatic carbocycles. The van der Waals surface area contributed by atoms with Crippen LogP contribution in [0.2, 0.25) is 0 Å². The number of hydrogen-bond acceptors (Lipinski definition) is 4. The summed E-state index contributed by atoms with van der Waals surface area (Å²) in [7, 11) is 4.23. The molecule has 0 saturated heterocycles. The van der Waals surface area contributed by atoms with Gasteiger partial charge in [-0.1, -0.05) is 29.8 Å². The monoisotopic (exact) mass is 356 g/mol. The van der Waals surface area contributed by atoms with Crippen molar-refractivity contribution in [1.29, 1.82) is 0 Å². The lowest BCUT2D eigenvalue weighted by atomic mass is 10.0. The van der Waals surface area contributed by atoms with E-state index in [1.807, 2.05) is 6.07 Å². The number of rotatable bonds is 7. The summed E-state index contributed by atoms with van der Waals surface area (Å²) in [5.41, 5.74) is 1.20. The largest absolute Gasteiger partial charge is 0.454 e. The molecule has 21 heavy (non-hydrogen) atoms. The lowest BCUT2D eigenvalue weighted by Crippen LogP contribution is -2.38. The Morgan fingerprint density at radius 2 is 1.90 bits per heavy atom. The van der Waals surface area contributed by atoms with Gasteiger partial charge in [0, 0.05) is 23.6 Å². The van der Waals surface area contributed by atoms with Crippen molar-refractivity contribution in [2.75, 3.05) is 27.4 Å². The van der Waals surface area contributed by atoms with Crippen molar-refractivity contribution in [3.8, 4) is 11.5 Å². The Morgan fingerprint density at radius 3 is 2.52 bits per heavy atom. The minimum Gasteiger partial charge on any atom is -0.454 e. The van der Waals surface area contributed by atoms with Crippen molar-refractivity contribution in [1.82, 2.24) is 10.2 Å². The Morgan fingerprint density at radius 1 is 1.24 bits per heavy atom. The van der Waals surface area contributed by atoms with Gasteiger partial charge in [0.25, 0.3) is 0 Å². The minimum absolute atomic E-state index is 0.315. The Labute approximate surface area is 135 Å². The maximum atomic E-state index is 5.45. The van der Waals surface area contributed by atoms with Crippen molar-refractivity contribution < 1.29 is 9.47 Å². The quantitative estimate of drug-likeness (QED) is 0.812. The third-order valence-corrected chi connectivity index (χ3v) is 4.20. The fourth-order valence-corrected chi connectivity index (χ4v) is 3.04. The molecule has 118 valence electrons. The first-order valence-corrected chi connectivity index (χ1v) is 8.21. The van der Waals surface area contributed by atoms with Gasteiger partial charge in [-0.05, 0) is 44.1 Å². The Kier molecular flexibility index (Phi) is 5.90. The molecule has 1 aliphatic rings. The molecule has 5 heteroatoms. The maximum absolute atomic E-state index is 5.45. The van der Waals surface area contributed by atoms with E-state index >= 15 is 0 Å². The zero-order chi connectivity index (χ0) is 15.4. The van der Waals surface area contributed by atoms with Gasteiger partial charge in [-0.25, -0.2) is 0 Å². The predicted molar refractivity (Wildman–Crippen MR) is 88.9 cm³/mol. The molecule has 1 N–H and O–H groups in total. The fourth-order valence-electron chi connectivity index (χ4n) is 2.58. The third-order valence-electron chi connectivity index (χ3n) is 3.46. The highest BCUT2D eigenvalue weighted by Crippen LogP contribution is 2.36. The van der Waals surface area contributed by atoms with E-state index in [-0.39, 0.29) is 0 Å². The molecule has 1 aromatic carbocycles. The topological polar surface area (TPSA) is 33.7 Å². The number of fused-ring (bicyclic) bond motifs is 1. The Balaban J connectivity index is 1.99. The van der Waals surface area contributed by atoms with E-state index in [1.54, 1.807) is 0 Å². The van der Waals surface area contributed by atoms with Gasteiger partial charge in [-0.2, -0.15) is 0 Å². The van der Waals surface area contributed by atoms with Gasteiger partial charge in [-0.15, -0.1) is 0 Å². The van der Waals surface area contributed by atoms with Crippen molar-refractivity contribution in [2.45, 2.75) is 32.9 Å². The van der Waals surface area contributed by atoms with Crippen LogP contribution >= 0.6 is 15.9 Å². The summed E-state index contributed by atoms with van der Waals surface area (Å²) in [4.78, 5) is 2.23. The summed E-state index contributed by atoms with van der Waals surface area (Å²) in [6.07, 6.45) is 1.17. The second-order valence-corrected chi connectivity index (χ2v) is 7.12. The molecule has 0 amide bonds. The molecular weight excluding hydrogens is 332 g/mol. The van der Waals surface area contributed by atoms with Crippen LogP contribution in [0.3, 0.4) is 0 Å². The van der Waals surface area contributed by atoms with Crippen LogP contribution in [0.5, 0.6) is 11.5 Å². The smallest absolute Gasteiger partial charge is 0.231 e. The maximum Gasteiger partial charge on any atom is 0.231 e. The SMILES string of the molecule is CC(C)CC(CN(C)C)NCc1cc2c(cc1Br)OCO2. The van der Waals surface area contributed by atoms with E-state index in [1.165, 1.54) is 12.0 Å². The first kappa shape index (κ1) is 16.6. The second kappa shape index (κ2) is 7.47. The van der Waals surface area contributed by atoms with Crippen molar-refractivity contribution in [3.05, 3.63) is 22.2 Å². The van der Waals surface area contributed by atoms with E-state index in [0.717, 1.165) is 29.1 Å². The fraction of sp³-hybridized carbons (Fsp3) is 0.625. The van der Waals surface area contributed by atoms with Crippen LogP contribution in [0.1, 0.15) is 25.8 Å². The number of benzene rings is 1. The average Bonchev–Trinajstić information content (AvgIpc) is 2.81. The standard InChI is InChI=1S/C16H25BrN2O2/c1-11(2)5-13(9-19(3)4)18-8-12-6-15-16(7-14(12)17)21-10-20-15/h6-7,11,13,18H,5,8-10H2,1-4H3. The first-order chi connectivity index (χ1) is 9.95. The zero-order valence-electron chi connectivity index (χ0n) is 13.3. The molecule has 0 aromatic heterocycles. The summed E-state index contributed by atoms with van der Waals surface area (Å²) < 4.78 is 11.9. The van der Waals surface area contributed by atoms with E-state index in [9.17, 15) is 0 Å². The van der Waals surface area contributed by atoms with Gasteiger partial charge < -0.3 is 19.7 Å². The van der Waals surface area contributed by atoms with Crippen molar-refractivity contribution in [2.24, 2.45) is 5.92 Å². The molecule has 0 bridgehead atoms. The molecule has 0 radical (unpaired) electrons. The summed E-state index contributed by atoms with van der Waals surface area (Å²) in [5, 5.41) is 3.66. The Hall–Kier alpha value is -0.780. The van der Waals surface area contributed by atoms with E-state index in [2.05, 4.69) is 60.2 Å². The molecule has 1 aliphatic heterocycles. The summed E-state index contributed by atoms with van der Waals surface area (Å²) in [5.74, 6) is 2.34. The minimum atomic E-state index is 0.315. The van der Waals surface area contributed by atoms with Gasteiger partial charge in [0.1, 0.15) is 0 Å². The number of nitrogens with zero attached hydrogens (tertiary/aromatic N) is 1. The molecule has 2 rings (SSSR count).